The Labute approximate surface area is 105 Å². The minimum absolute atomic E-state index is 0.0813. The molecule has 6 nitrogen and oxygen atoms in total. The maximum Gasteiger partial charge on any atom is 0.339 e. The minimum Gasteiger partial charge on any atom is -0.462 e. The molecule has 1 aliphatic heterocycles. The number of nitrogens with two attached hydrogens (primary N) is 1. The quantitative estimate of drug-likeness (QED) is 0.769. The molecule has 2 N–H and O–H groups in total. The third-order valence-electron chi connectivity index (χ3n) is 2.92. The molecule has 0 aliphatic carbocycles. The van der Waals surface area contributed by atoms with Gasteiger partial charge in [-0.05, 0) is 13.0 Å². The molecule has 1 amide bonds. The standard InChI is InChI=1S/C12H17N3O3/c1-2-18-12(17)9-7-10-11(16)14(4-3-13)5-6-15(10)8-9/h7-8H,2-6,13H2,1H3. The van der Waals surface area contributed by atoms with Crippen LogP contribution in [0, 0.1) is 0 Å². The van der Waals surface area contributed by atoms with E-state index in [1.807, 2.05) is 0 Å². The molecule has 1 aliphatic rings. The van der Waals surface area contributed by atoms with Gasteiger partial charge in [-0.2, -0.15) is 0 Å². The number of amides is 1. The predicted molar refractivity (Wildman–Crippen MR) is 65.3 cm³/mol. The summed E-state index contributed by atoms with van der Waals surface area (Å²) in [6.07, 6.45) is 1.67. The lowest BCUT2D eigenvalue weighted by molar-refractivity contribution is 0.0526. The number of hydrogen-bond acceptors (Lipinski definition) is 4. The Kier molecular flexibility index (Phi) is 3.66. The molecule has 0 unspecified atom stereocenters. The number of carbonyl (C=O) groups is 2. The van der Waals surface area contributed by atoms with Crippen molar-refractivity contribution >= 4 is 11.9 Å². The Bertz CT molecular complexity index is 467. The zero-order valence-corrected chi connectivity index (χ0v) is 10.4. The van der Waals surface area contributed by atoms with Crippen LogP contribution in [-0.2, 0) is 11.3 Å². The van der Waals surface area contributed by atoms with Crippen molar-refractivity contribution in [3.63, 3.8) is 0 Å². The maximum absolute atomic E-state index is 12.1. The van der Waals surface area contributed by atoms with Gasteiger partial charge < -0.3 is 19.9 Å². The maximum atomic E-state index is 12.1. The van der Waals surface area contributed by atoms with Crippen molar-refractivity contribution in [1.29, 1.82) is 0 Å². The second-order valence-electron chi connectivity index (χ2n) is 4.11. The van der Waals surface area contributed by atoms with E-state index < -0.39 is 5.97 Å². The third kappa shape index (κ3) is 2.24. The second kappa shape index (κ2) is 5.22. The zero-order chi connectivity index (χ0) is 13.1. The largest absolute Gasteiger partial charge is 0.462 e. The smallest absolute Gasteiger partial charge is 0.339 e. The number of fused-ring (bicyclic) bond motifs is 1. The van der Waals surface area contributed by atoms with E-state index in [9.17, 15) is 9.59 Å². The number of carbonyl (C=O) groups excluding carboxylic acids is 2. The van der Waals surface area contributed by atoms with Gasteiger partial charge in [-0.3, -0.25) is 4.79 Å². The summed E-state index contributed by atoms with van der Waals surface area (Å²) < 4.78 is 6.71. The highest BCUT2D eigenvalue weighted by Crippen LogP contribution is 2.17. The fraction of sp³-hybridized carbons (Fsp3) is 0.500. The van der Waals surface area contributed by atoms with Crippen molar-refractivity contribution in [3.8, 4) is 0 Å². The van der Waals surface area contributed by atoms with E-state index in [1.54, 1.807) is 28.7 Å². The van der Waals surface area contributed by atoms with Crippen LogP contribution in [0.5, 0.6) is 0 Å². The Morgan fingerprint density at radius 1 is 1.50 bits per heavy atom. The Morgan fingerprint density at radius 2 is 2.28 bits per heavy atom. The molecule has 1 aromatic rings. The Hall–Kier alpha value is -1.82. The molecular weight excluding hydrogens is 234 g/mol. The molecule has 1 aromatic heterocycles. The number of aromatic nitrogens is 1. The van der Waals surface area contributed by atoms with Crippen molar-refractivity contribution in [2.75, 3.05) is 26.2 Å². The number of nitrogens with zero attached hydrogens (tertiary/aromatic N) is 2. The van der Waals surface area contributed by atoms with E-state index in [0.29, 0.717) is 44.0 Å². The van der Waals surface area contributed by atoms with Crippen molar-refractivity contribution in [1.82, 2.24) is 9.47 Å². The highest BCUT2D eigenvalue weighted by atomic mass is 16.5. The van der Waals surface area contributed by atoms with Crippen LogP contribution in [0.2, 0.25) is 0 Å². The molecule has 0 spiro atoms. The lowest BCUT2D eigenvalue weighted by Crippen LogP contribution is -2.42. The fourth-order valence-corrected chi connectivity index (χ4v) is 2.06. The summed E-state index contributed by atoms with van der Waals surface area (Å²) in [5.41, 5.74) is 6.41. The number of esters is 1. The zero-order valence-electron chi connectivity index (χ0n) is 10.4. The molecular formula is C12H17N3O3. The average Bonchev–Trinajstić information content (AvgIpc) is 2.78. The Morgan fingerprint density at radius 3 is 2.94 bits per heavy atom. The summed E-state index contributed by atoms with van der Waals surface area (Å²) in [5, 5.41) is 0. The van der Waals surface area contributed by atoms with E-state index in [2.05, 4.69) is 0 Å². The molecule has 0 saturated heterocycles. The fourth-order valence-electron chi connectivity index (χ4n) is 2.06. The SMILES string of the molecule is CCOC(=O)c1cc2n(c1)CCN(CCN)C2=O. The summed E-state index contributed by atoms with van der Waals surface area (Å²) in [7, 11) is 0. The van der Waals surface area contributed by atoms with Crippen LogP contribution in [0.1, 0.15) is 27.8 Å². The summed E-state index contributed by atoms with van der Waals surface area (Å²) in [6.45, 7) is 4.37. The molecule has 2 heterocycles. The number of ether oxygens (including phenoxy) is 1. The van der Waals surface area contributed by atoms with Gasteiger partial charge in [0.1, 0.15) is 5.69 Å². The molecule has 6 heteroatoms. The van der Waals surface area contributed by atoms with Gasteiger partial charge >= 0.3 is 5.97 Å². The van der Waals surface area contributed by atoms with Gasteiger partial charge in [-0.15, -0.1) is 0 Å². The van der Waals surface area contributed by atoms with Gasteiger partial charge in [0, 0.05) is 32.4 Å². The molecule has 2 rings (SSSR count). The van der Waals surface area contributed by atoms with Crippen LogP contribution in [0.15, 0.2) is 12.3 Å². The highest BCUT2D eigenvalue weighted by molar-refractivity contribution is 5.97. The van der Waals surface area contributed by atoms with Gasteiger partial charge in [-0.1, -0.05) is 0 Å². The van der Waals surface area contributed by atoms with Crippen LogP contribution >= 0.6 is 0 Å². The van der Waals surface area contributed by atoms with Gasteiger partial charge in [0.25, 0.3) is 5.91 Å². The normalized spacial score (nSPS) is 14.6. The van der Waals surface area contributed by atoms with Crippen molar-refractivity contribution in [2.45, 2.75) is 13.5 Å². The van der Waals surface area contributed by atoms with E-state index in [0.717, 1.165) is 0 Å². The first-order valence-electron chi connectivity index (χ1n) is 6.04. The first-order chi connectivity index (χ1) is 8.67. The van der Waals surface area contributed by atoms with Crippen LogP contribution < -0.4 is 5.73 Å². The van der Waals surface area contributed by atoms with Crippen LogP contribution in [0.3, 0.4) is 0 Å². The van der Waals surface area contributed by atoms with Gasteiger partial charge in [-0.25, -0.2) is 4.79 Å². The van der Waals surface area contributed by atoms with E-state index in [-0.39, 0.29) is 5.91 Å². The average molecular weight is 251 g/mol. The van der Waals surface area contributed by atoms with Crippen molar-refractivity contribution < 1.29 is 14.3 Å². The van der Waals surface area contributed by atoms with Crippen LogP contribution in [-0.4, -0.2) is 47.6 Å². The van der Waals surface area contributed by atoms with Crippen LogP contribution in [0.25, 0.3) is 0 Å². The lowest BCUT2D eigenvalue weighted by atomic mass is 10.2. The van der Waals surface area contributed by atoms with E-state index >= 15 is 0 Å². The number of rotatable bonds is 4. The minimum atomic E-state index is -0.391. The van der Waals surface area contributed by atoms with Gasteiger partial charge in [0.15, 0.2) is 0 Å². The molecule has 0 bridgehead atoms. The van der Waals surface area contributed by atoms with E-state index in [1.165, 1.54) is 0 Å². The first-order valence-corrected chi connectivity index (χ1v) is 6.04. The topological polar surface area (TPSA) is 77.6 Å². The third-order valence-corrected chi connectivity index (χ3v) is 2.92. The van der Waals surface area contributed by atoms with Crippen molar-refractivity contribution in [2.24, 2.45) is 5.73 Å². The first kappa shape index (κ1) is 12.6. The monoisotopic (exact) mass is 251 g/mol. The molecule has 0 aromatic carbocycles. The molecule has 0 radical (unpaired) electrons. The molecule has 0 saturated carbocycles. The molecule has 0 fully saturated rings. The molecule has 98 valence electrons. The highest BCUT2D eigenvalue weighted by Gasteiger charge is 2.26. The lowest BCUT2D eigenvalue weighted by Gasteiger charge is -2.27. The van der Waals surface area contributed by atoms with Crippen molar-refractivity contribution in [3.05, 3.63) is 23.5 Å². The van der Waals surface area contributed by atoms with Gasteiger partial charge in [0.2, 0.25) is 0 Å². The number of hydrogen-bond donors (Lipinski definition) is 1. The Balaban J connectivity index is 2.22. The second-order valence-corrected chi connectivity index (χ2v) is 4.11. The summed E-state index contributed by atoms with van der Waals surface area (Å²) in [4.78, 5) is 25.4. The predicted octanol–water partition coefficient (Wildman–Crippen LogP) is 0.0793. The molecule has 18 heavy (non-hydrogen) atoms. The summed E-state index contributed by atoms with van der Waals surface area (Å²) in [5.74, 6) is -0.472. The van der Waals surface area contributed by atoms with E-state index in [4.69, 9.17) is 10.5 Å². The molecule has 0 atom stereocenters. The van der Waals surface area contributed by atoms with Crippen LogP contribution in [0.4, 0.5) is 0 Å². The summed E-state index contributed by atoms with van der Waals surface area (Å²) in [6, 6.07) is 1.59. The van der Waals surface area contributed by atoms with Gasteiger partial charge in [0.05, 0.1) is 12.2 Å². The summed E-state index contributed by atoms with van der Waals surface area (Å²) >= 11 is 0.